The van der Waals surface area contributed by atoms with Gasteiger partial charge in [-0.15, -0.1) is 0 Å². The van der Waals surface area contributed by atoms with E-state index in [0.717, 1.165) is 5.56 Å². The van der Waals surface area contributed by atoms with Gasteiger partial charge in [-0.1, -0.05) is 23.7 Å². The van der Waals surface area contributed by atoms with Crippen LogP contribution >= 0.6 is 11.6 Å². The Morgan fingerprint density at radius 1 is 1.08 bits per heavy atom. The van der Waals surface area contributed by atoms with Crippen LogP contribution in [0, 0.1) is 0 Å². The number of hydrogen-bond donors (Lipinski definition) is 1. The fourth-order valence-corrected chi connectivity index (χ4v) is 2.24. The van der Waals surface area contributed by atoms with E-state index in [1.165, 1.54) is 7.11 Å². The van der Waals surface area contributed by atoms with E-state index in [-0.39, 0.29) is 12.0 Å². The van der Waals surface area contributed by atoms with Crippen molar-refractivity contribution in [2.75, 3.05) is 7.11 Å². The van der Waals surface area contributed by atoms with E-state index in [0.29, 0.717) is 27.8 Å². The number of amides is 1. The van der Waals surface area contributed by atoms with Gasteiger partial charge in [-0.3, -0.25) is 4.79 Å². The summed E-state index contributed by atoms with van der Waals surface area (Å²) in [5.41, 5.74) is 4.53. The van der Waals surface area contributed by atoms with E-state index in [4.69, 9.17) is 21.1 Å². The first-order chi connectivity index (χ1) is 11.9. The third kappa shape index (κ3) is 5.22. The van der Waals surface area contributed by atoms with Crippen molar-refractivity contribution in [3.63, 3.8) is 0 Å². The van der Waals surface area contributed by atoms with Crippen LogP contribution in [0.25, 0.3) is 0 Å². The van der Waals surface area contributed by atoms with Crippen LogP contribution < -0.4 is 14.9 Å². The van der Waals surface area contributed by atoms with Gasteiger partial charge in [0.2, 0.25) is 0 Å². The second kappa shape index (κ2) is 8.53. The molecule has 0 fully saturated rings. The smallest absolute Gasteiger partial charge is 0.271 e. The first-order valence-corrected chi connectivity index (χ1v) is 8.23. The molecule has 0 heterocycles. The quantitative estimate of drug-likeness (QED) is 0.617. The third-order valence-corrected chi connectivity index (χ3v) is 3.63. The van der Waals surface area contributed by atoms with Crippen molar-refractivity contribution in [2.24, 2.45) is 5.10 Å². The highest BCUT2D eigenvalue weighted by atomic mass is 35.5. The monoisotopic (exact) mass is 360 g/mol. The number of methoxy groups -OCH3 is 1. The lowest BCUT2D eigenvalue weighted by molar-refractivity contribution is 0.0954. The van der Waals surface area contributed by atoms with Gasteiger partial charge in [0.1, 0.15) is 0 Å². The number of carbonyl (C=O) groups excluding carboxylic acids is 1. The van der Waals surface area contributed by atoms with Crippen LogP contribution in [0.5, 0.6) is 11.5 Å². The zero-order valence-corrected chi connectivity index (χ0v) is 15.4. The highest BCUT2D eigenvalue weighted by Gasteiger charge is 2.12. The van der Waals surface area contributed by atoms with Crippen molar-refractivity contribution >= 4 is 23.2 Å². The zero-order chi connectivity index (χ0) is 18.4. The van der Waals surface area contributed by atoms with Gasteiger partial charge in [0.25, 0.3) is 5.91 Å². The number of hydrazone groups is 1. The molecule has 132 valence electrons. The minimum atomic E-state index is -0.331. The number of nitrogens with zero attached hydrogens (tertiary/aromatic N) is 1. The highest BCUT2D eigenvalue weighted by Crippen LogP contribution is 2.28. The number of nitrogens with one attached hydrogen (secondary N) is 1. The van der Waals surface area contributed by atoms with Crippen molar-refractivity contribution in [2.45, 2.75) is 26.9 Å². The van der Waals surface area contributed by atoms with Gasteiger partial charge in [-0.25, -0.2) is 5.43 Å². The molecule has 0 saturated carbocycles. The van der Waals surface area contributed by atoms with Gasteiger partial charge in [0.05, 0.1) is 18.9 Å². The standard InChI is InChI=1S/C19H21ClN2O3/c1-12(2)25-17-10-7-15(11-18(17)24-4)19(23)22-21-13(3)14-5-8-16(20)9-6-14/h5-12H,1-4H3,(H,22,23)/b21-13+. The Labute approximate surface area is 152 Å². The number of carbonyl (C=O) groups is 1. The molecule has 0 atom stereocenters. The molecule has 0 aliphatic rings. The van der Waals surface area contributed by atoms with Gasteiger partial charge in [-0.2, -0.15) is 5.10 Å². The van der Waals surface area contributed by atoms with Crippen LogP contribution in [-0.4, -0.2) is 24.8 Å². The van der Waals surface area contributed by atoms with E-state index in [1.54, 1.807) is 30.3 Å². The first-order valence-electron chi connectivity index (χ1n) is 7.86. The summed E-state index contributed by atoms with van der Waals surface area (Å²) >= 11 is 5.86. The normalized spacial score (nSPS) is 11.4. The molecular formula is C19H21ClN2O3. The molecule has 2 rings (SSSR count). The predicted octanol–water partition coefficient (Wildman–Crippen LogP) is 4.29. The van der Waals surface area contributed by atoms with Gasteiger partial charge < -0.3 is 9.47 Å². The van der Waals surface area contributed by atoms with Crippen molar-refractivity contribution in [3.05, 3.63) is 58.6 Å². The van der Waals surface area contributed by atoms with Gasteiger partial charge in [-0.05, 0) is 56.7 Å². The van der Waals surface area contributed by atoms with Gasteiger partial charge in [0, 0.05) is 10.6 Å². The number of halogens is 1. The molecule has 5 nitrogen and oxygen atoms in total. The lowest BCUT2D eigenvalue weighted by Gasteiger charge is -2.14. The Kier molecular flexibility index (Phi) is 6.42. The third-order valence-electron chi connectivity index (χ3n) is 3.38. The van der Waals surface area contributed by atoms with Crippen molar-refractivity contribution in [1.82, 2.24) is 5.43 Å². The Hall–Kier alpha value is -2.53. The summed E-state index contributed by atoms with van der Waals surface area (Å²) in [6, 6.07) is 12.2. The second-order valence-electron chi connectivity index (χ2n) is 5.68. The molecule has 0 spiro atoms. The molecule has 1 N–H and O–H groups in total. The highest BCUT2D eigenvalue weighted by molar-refractivity contribution is 6.30. The summed E-state index contributed by atoms with van der Waals surface area (Å²) in [5.74, 6) is 0.761. The van der Waals surface area contributed by atoms with Crippen LogP contribution in [0.2, 0.25) is 5.02 Å². The Morgan fingerprint density at radius 2 is 1.72 bits per heavy atom. The topological polar surface area (TPSA) is 59.9 Å². The SMILES string of the molecule is COc1cc(C(=O)N/N=C(\C)c2ccc(Cl)cc2)ccc1OC(C)C. The maximum Gasteiger partial charge on any atom is 0.271 e. The molecule has 0 saturated heterocycles. The Morgan fingerprint density at radius 3 is 2.32 bits per heavy atom. The minimum Gasteiger partial charge on any atom is -0.493 e. The maximum absolute atomic E-state index is 12.3. The van der Waals surface area contributed by atoms with Crippen molar-refractivity contribution < 1.29 is 14.3 Å². The van der Waals surface area contributed by atoms with E-state index in [2.05, 4.69) is 10.5 Å². The summed E-state index contributed by atoms with van der Waals surface area (Å²) < 4.78 is 10.9. The van der Waals surface area contributed by atoms with Gasteiger partial charge >= 0.3 is 0 Å². The lowest BCUT2D eigenvalue weighted by atomic mass is 10.1. The molecular weight excluding hydrogens is 340 g/mol. The second-order valence-corrected chi connectivity index (χ2v) is 6.11. The fourth-order valence-electron chi connectivity index (χ4n) is 2.11. The van der Waals surface area contributed by atoms with Crippen LogP contribution in [0.3, 0.4) is 0 Å². The van der Waals surface area contributed by atoms with E-state index in [1.807, 2.05) is 32.9 Å². The molecule has 0 radical (unpaired) electrons. The van der Waals surface area contributed by atoms with E-state index in [9.17, 15) is 4.79 Å². The molecule has 1 amide bonds. The molecule has 2 aromatic rings. The summed E-state index contributed by atoms with van der Waals surface area (Å²) in [5, 5.41) is 4.78. The number of hydrogen-bond acceptors (Lipinski definition) is 4. The average molecular weight is 361 g/mol. The maximum atomic E-state index is 12.3. The van der Waals surface area contributed by atoms with Crippen molar-refractivity contribution in [3.8, 4) is 11.5 Å². The van der Waals surface area contributed by atoms with Crippen LogP contribution in [0.1, 0.15) is 36.7 Å². The number of rotatable bonds is 6. The van der Waals surface area contributed by atoms with Crippen molar-refractivity contribution in [1.29, 1.82) is 0 Å². The Balaban J connectivity index is 2.12. The van der Waals surface area contributed by atoms with Gasteiger partial charge in [0.15, 0.2) is 11.5 Å². The number of ether oxygens (including phenoxy) is 2. The largest absolute Gasteiger partial charge is 0.493 e. The number of benzene rings is 2. The molecule has 0 aliphatic carbocycles. The average Bonchev–Trinajstić information content (AvgIpc) is 2.59. The first kappa shape index (κ1) is 18.8. The Bertz CT molecular complexity index is 771. The van der Waals surface area contributed by atoms with Crippen LogP contribution in [0.4, 0.5) is 0 Å². The van der Waals surface area contributed by atoms with E-state index < -0.39 is 0 Å². The summed E-state index contributed by atoms with van der Waals surface area (Å²) in [6.45, 7) is 5.66. The molecule has 0 aromatic heterocycles. The predicted molar refractivity (Wildman–Crippen MR) is 99.9 cm³/mol. The molecule has 0 unspecified atom stereocenters. The summed E-state index contributed by atoms with van der Waals surface area (Å²) in [7, 11) is 1.53. The fraction of sp³-hybridized carbons (Fsp3) is 0.263. The summed E-state index contributed by atoms with van der Waals surface area (Å²) in [4.78, 5) is 12.3. The molecule has 2 aromatic carbocycles. The molecule has 25 heavy (non-hydrogen) atoms. The zero-order valence-electron chi connectivity index (χ0n) is 14.7. The lowest BCUT2D eigenvalue weighted by Crippen LogP contribution is -2.19. The van der Waals surface area contributed by atoms with E-state index >= 15 is 0 Å². The van der Waals surface area contributed by atoms with Crippen LogP contribution in [0.15, 0.2) is 47.6 Å². The molecule has 0 aliphatic heterocycles. The summed E-state index contributed by atoms with van der Waals surface area (Å²) in [6.07, 6.45) is 0.0141. The molecule has 6 heteroatoms. The molecule has 0 bridgehead atoms. The van der Waals surface area contributed by atoms with Crippen LogP contribution in [-0.2, 0) is 0 Å². The minimum absolute atomic E-state index is 0.0141.